The van der Waals surface area contributed by atoms with E-state index in [1.807, 2.05) is 0 Å². The van der Waals surface area contributed by atoms with E-state index in [-0.39, 0.29) is 18.3 Å². The summed E-state index contributed by atoms with van der Waals surface area (Å²) in [6, 6.07) is 16.7. The van der Waals surface area contributed by atoms with Crippen molar-refractivity contribution >= 4 is 57.9 Å². The molecule has 0 radical (unpaired) electrons. The van der Waals surface area contributed by atoms with Gasteiger partial charge < -0.3 is 35.8 Å². The number of nitrogens with one attached hydrogen (secondary N) is 2. The van der Waals surface area contributed by atoms with Gasteiger partial charge in [0.05, 0.1) is 10.5 Å². The zero-order valence-corrected chi connectivity index (χ0v) is 21.2. The molecule has 14 heteroatoms. The summed E-state index contributed by atoms with van der Waals surface area (Å²) in [6.07, 6.45) is -1.02. The number of benzene rings is 3. The van der Waals surface area contributed by atoms with Crippen LogP contribution in [-0.2, 0) is 11.4 Å². The van der Waals surface area contributed by atoms with Gasteiger partial charge in [-0.3, -0.25) is 4.79 Å². The molecule has 0 aliphatic carbocycles. The predicted octanol–water partition coefficient (Wildman–Crippen LogP) is 6.31. The van der Waals surface area contributed by atoms with Crippen molar-refractivity contribution in [3.8, 4) is 5.75 Å². The number of amides is 1. The Bertz CT molecular complexity index is 1500. The first-order valence-corrected chi connectivity index (χ1v) is 11.3. The second-order valence-electron chi connectivity index (χ2n) is 7.40. The number of carbonyl (C=O) groups is 3. The highest BCUT2D eigenvalue weighted by Crippen LogP contribution is 2.31. The lowest BCUT2D eigenvalue weighted by atomic mass is 10.2. The van der Waals surface area contributed by atoms with Crippen LogP contribution in [0.1, 0.15) is 5.56 Å². The molecule has 0 spiro atoms. The smallest absolute Gasteiger partial charge is 0.487 e. The Morgan fingerprint density at radius 2 is 1.62 bits per heavy atom. The third-order valence-electron chi connectivity index (χ3n) is 4.57. The van der Waals surface area contributed by atoms with E-state index < -0.39 is 12.3 Å². The fraction of sp³-hybridized carbons (Fsp3) is 0.0385. The molecular formula is C26H22ClFN4O8. The van der Waals surface area contributed by atoms with E-state index in [1.54, 1.807) is 48.5 Å². The fourth-order valence-electron chi connectivity index (χ4n) is 3.05. The largest absolute Gasteiger partial charge is 0.503 e. The second-order valence-corrected chi connectivity index (χ2v) is 7.81. The molecule has 0 fully saturated rings. The minimum atomic E-state index is -1.83. The molecule has 0 atom stereocenters. The normalized spacial score (nSPS) is 9.65. The van der Waals surface area contributed by atoms with Gasteiger partial charge in [0.15, 0.2) is 0 Å². The number of carbonyl (C=O) groups excluding carboxylic acids is 1. The molecule has 208 valence electrons. The Hall–Kier alpha value is -5.43. The van der Waals surface area contributed by atoms with Gasteiger partial charge in [0.25, 0.3) is 0 Å². The summed E-state index contributed by atoms with van der Waals surface area (Å²) in [5.41, 5.74) is 2.70. The molecule has 4 aromatic rings. The van der Waals surface area contributed by atoms with Crippen LogP contribution in [0.2, 0.25) is 5.02 Å². The molecule has 1 amide bonds. The van der Waals surface area contributed by atoms with Gasteiger partial charge >= 0.3 is 12.3 Å². The summed E-state index contributed by atoms with van der Waals surface area (Å²) in [5, 5.41) is 34.9. The number of halogens is 2. The van der Waals surface area contributed by atoms with E-state index in [4.69, 9.17) is 46.4 Å². The summed E-state index contributed by atoms with van der Waals surface area (Å²) in [7, 11) is 0. The molecule has 6 N–H and O–H groups in total. The summed E-state index contributed by atoms with van der Waals surface area (Å²) in [6.45, 7) is 3.65. The Morgan fingerprint density at radius 3 is 2.25 bits per heavy atom. The van der Waals surface area contributed by atoms with E-state index in [0.717, 1.165) is 5.39 Å². The number of ether oxygens (including phenoxy) is 1. The lowest BCUT2D eigenvalue weighted by Gasteiger charge is -2.12. The molecule has 0 saturated carbocycles. The average Bonchev–Trinajstić information content (AvgIpc) is 2.88. The molecule has 0 unspecified atom stereocenters. The molecule has 0 saturated heterocycles. The average molecular weight is 573 g/mol. The number of rotatable bonds is 7. The third-order valence-corrected chi connectivity index (χ3v) is 4.86. The quantitative estimate of drug-likeness (QED) is 0.136. The van der Waals surface area contributed by atoms with Gasteiger partial charge in [0.2, 0.25) is 5.91 Å². The minimum absolute atomic E-state index is 0.194. The summed E-state index contributed by atoms with van der Waals surface area (Å²) in [5.74, 6) is 0.398. The van der Waals surface area contributed by atoms with Gasteiger partial charge in [0, 0.05) is 16.8 Å². The van der Waals surface area contributed by atoms with Gasteiger partial charge in [-0.1, -0.05) is 30.3 Å². The van der Waals surface area contributed by atoms with Crippen LogP contribution in [0, 0.1) is 5.82 Å². The van der Waals surface area contributed by atoms with Crippen molar-refractivity contribution in [2.24, 2.45) is 0 Å². The molecule has 40 heavy (non-hydrogen) atoms. The van der Waals surface area contributed by atoms with Gasteiger partial charge in [-0.15, -0.1) is 0 Å². The number of anilines is 3. The molecule has 1 aromatic heterocycles. The zero-order valence-electron chi connectivity index (χ0n) is 20.4. The highest BCUT2D eigenvalue weighted by atomic mass is 35.5. The van der Waals surface area contributed by atoms with Crippen molar-refractivity contribution in [1.29, 1.82) is 0 Å². The van der Waals surface area contributed by atoms with Crippen molar-refractivity contribution in [2.75, 3.05) is 10.6 Å². The Morgan fingerprint density at radius 1 is 0.950 bits per heavy atom. The standard InChI is InChI=1S/C24H18ClFN4O2.2CH2O3/c1-2-23(31)29-17-6-8-21-19(11-17)24(28-14-27-21)30-18-7-9-22(20(25)12-18)32-13-15-4-3-5-16(26)10-15;2*2-1(3)4/h2-12,14H,1,13H2,(H,29,31)(H,27,28,30);2*(H2,2,3,4). The van der Waals surface area contributed by atoms with E-state index in [9.17, 15) is 9.18 Å². The molecular weight excluding hydrogens is 551 g/mol. The second kappa shape index (κ2) is 15.1. The summed E-state index contributed by atoms with van der Waals surface area (Å²) < 4.78 is 19.0. The van der Waals surface area contributed by atoms with Gasteiger partial charge in [-0.2, -0.15) is 0 Å². The maximum atomic E-state index is 13.3. The van der Waals surface area contributed by atoms with Crippen LogP contribution >= 0.6 is 11.6 Å². The van der Waals surface area contributed by atoms with Crippen molar-refractivity contribution < 1.29 is 43.9 Å². The number of hydrogen-bond acceptors (Lipinski definition) is 7. The van der Waals surface area contributed by atoms with Crippen molar-refractivity contribution in [1.82, 2.24) is 9.97 Å². The first-order valence-electron chi connectivity index (χ1n) is 10.9. The number of aromatic nitrogens is 2. The van der Waals surface area contributed by atoms with Crippen LogP contribution in [0.15, 0.2) is 79.6 Å². The van der Waals surface area contributed by atoms with E-state index in [2.05, 4.69) is 27.2 Å². The third kappa shape index (κ3) is 10.5. The zero-order chi connectivity index (χ0) is 29.7. The molecule has 0 bridgehead atoms. The fourth-order valence-corrected chi connectivity index (χ4v) is 3.28. The molecule has 1 heterocycles. The van der Waals surface area contributed by atoms with Gasteiger partial charge in [0.1, 0.15) is 30.3 Å². The first-order chi connectivity index (χ1) is 19.0. The minimum Gasteiger partial charge on any atom is -0.487 e. The molecule has 0 aliphatic heterocycles. The first kappa shape index (κ1) is 30.8. The van der Waals surface area contributed by atoms with E-state index in [1.165, 1.54) is 24.5 Å². The number of hydrogen-bond donors (Lipinski definition) is 6. The number of nitrogens with zero attached hydrogens (tertiary/aromatic N) is 2. The lowest BCUT2D eigenvalue weighted by molar-refractivity contribution is -0.111. The Balaban J connectivity index is 0.000000621. The lowest BCUT2D eigenvalue weighted by Crippen LogP contribution is -2.07. The van der Waals surface area contributed by atoms with Crippen molar-refractivity contribution in [3.05, 3.63) is 96.0 Å². The van der Waals surface area contributed by atoms with Crippen molar-refractivity contribution in [3.63, 3.8) is 0 Å². The summed E-state index contributed by atoms with van der Waals surface area (Å²) >= 11 is 6.38. The predicted molar refractivity (Wildman–Crippen MR) is 145 cm³/mol. The van der Waals surface area contributed by atoms with Crippen LogP contribution in [-0.4, -0.2) is 48.6 Å². The highest BCUT2D eigenvalue weighted by Gasteiger charge is 2.09. The maximum Gasteiger partial charge on any atom is 0.503 e. The van der Waals surface area contributed by atoms with Gasteiger partial charge in [-0.05, 0) is 60.2 Å². The van der Waals surface area contributed by atoms with Crippen molar-refractivity contribution in [2.45, 2.75) is 6.61 Å². The van der Waals surface area contributed by atoms with Crippen LogP contribution in [0.3, 0.4) is 0 Å². The van der Waals surface area contributed by atoms with E-state index in [0.29, 0.717) is 39.0 Å². The maximum absolute atomic E-state index is 13.3. The monoisotopic (exact) mass is 572 g/mol. The van der Waals surface area contributed by atoms with Crippen LogP contribution in [0.5, 0.6) is 5.75 Å². The molecule has 12 nitrogen and oxygen atoms in total. The molecule has 4 rings (SSSR count). The Labute approximate surface area is 231 Å². The van der Waals surface area contributed by atoms with E-state index >= 15 is 0 Å². The van der Waals surface area contributed by atoms with Crippen LogP contribution in [0.4, 0.5) is 31.2 Å². The van der Waals surface area contributed by atoms with Crippen LogP contribution < -0.4 is 15.4 Å². The molecule has 3 aromatic carbocycles. The SMILES string of the molecule is C=CC(=O)Nc1ccc2ncnc(Nc3ccc(OCc4cccc(F)c4)c(Cl)c3)c2c1.O=C(O)O.O=C(O)O. The highest BCUT2D eigenvalue weighted by molar-refractivity contribution is 6.32. The molecule has 0 aliphatic rings. The number of fused-ring (bicyclic) bond motifs is 1. The van der Waals surface area contributed by atoms with Gasteiger partial charge in [-0.25, -0.2) is 23.9 Å². The topological polar surface area (TPSA) is 191 Å². The Kier molecular flexibility index (Phi) is 11.6. The summed E-state index contributed by atoms with van der Waals surface area (Å²) in [4.78, 5) is 37.3. The van der Waals surface area contributed by atoms with Crippen LogP contribution in [0.25, 0.3) is 10.9 Å². The number of carboxylic acid groups (broad SMARTS) is 4.